The molecule has 3 aliphatic carbocycles. The number of aromatic hydroxyl groups is 1. The van der Waals surface area contributed by atoms with Crippen molar-refractivity contribution >= 4 is 29.0 Å². The summed E-state index contributed by atoms with van der Waals surface area (Å²) in [6.45, 7) is 1.91. The molecule has 10 heteroatoms. The number of allylic oxidation sites excluding steroid dienone is 1. The average Bonchev–Trinajstić information content (AvgIpc) is 3.31. The second-order valence-electron chi connectivity index (χ2n) is 10.7. The standard InChI is InChI=1S/C27H31N3O7/c1-29(2)22-15-10-12-9-14-13(17(32)11-30-7-3-4-8-30)5-6-16(31)19(14)23(33)18(12)24(34)20(15)25(35)21(26(22)36)27(28)37/h5-6,12,15,20,22,31,33,36H,3-4,7-11H2,1-2H3,(H2,28,37)/t12?,15?,20?,22-/m0/s1. The maximum absolute atomic E-state index is 13.8. The topological polar surface area (TPSA) is 161 Å². The van der Waals surface area contributed by atoms with E-state index in [9.17, 15) is 34.5 Å². The minimum atomic E-state index is -1.30. The fraction of sp³-hybridized carbons (Fsp3) is 0.481. The Hall–Kier alpha value is -3.50. The van der Waals surface area contributed by atoms with Gasteiger partial charge in [-0.3, -0.25) is 29.0 Å². The molecule has 0 spiro atoms. The molecule has 1 aliphatic heterocycles. The highest BCUT2D eigenvalue weighted by molar-refractivity contribution is 6.28. The van der Waals surface area contributed by atoms with Gasteiger partial charge in [0, 0.05) is 11.1 Å². The molecule has 196 valence electrons. The molecule has 1 saturated carbocycles. The van der Waals surface area contributed by atoms with E-state index in [1.165, 1.54) is 6.07 Å². The first-order valence-electron chi connectivity index (χ1n) is 12.5. The van der Waals surface area contributed by atoms with Gasteiger partial charge < -0.3 is 21.1 Å². The summed E-state index contributed by atoms with van der Waals surface area (Å²) in [6.07, 6.45) is 2.52. The molecule has 5 N–H and O–H groups in total. The fourth-order valence-electron chi connectivity index (χ4n) is 6.76. The molecule has 5 rings (SSSR count). The smallest absolute Gasteiger partial charge is 0.255 e. The largest absolute Gasteiger partial charge is 0.510 e. The summed E-state index contributed by atoms with van der Waals surface area (Å²) in [5.74, 6) is -6.43. The number of amides is 1. The van der Waals surface area contributed by atoms with Crippen LogP contribution in [0.4, 0.5) is 0 Å². The van der Waals surface area contributed by atoms with Crippen LogP contribution in [0.2, 0.25) is 0 Å². The number of phenols is 1. The van der Waals surface area contributed by atoms with Gasteiger partial charge in [-0.05, 0) is 82.4 Å². The van der Waals surface area contributed by atoms with E-state index < -0.39 is 58.4 Å². The minimum absolute atomic E-state index is 0.00394. The van der Waals surface area contributed by atoms with Crippen LogP contribution in [0.25, 0.3) is 5.76 Å². The van der Waals surface area contributed by atoms with Crippen LogP contribution in [0.15, 0.2) is 29.0 Å². The molecule has 0 bridgehead atoms. The number of fused-ring (bicyclic) bond motifs is 3. The van der Waals surface area contributed by atoms with Gasteiger partial charge in [0.1, 0.15) is 22.8 Å². The van der Waals surface area contributed by atoms with Crippen LogP contribution in [0, 0.1) is 17.8 Å². The molecule has 0 aromatic heterocycles. The second-order valence-corrected chi connectivity index (χ2v) is 10.7. The van der Waals surface area contributed by atoms with E-state index in [4.69, 9.17) is 5.73 Å². The summed E-state index contributed by atoms with van der Waals surface area (Å²) in [4.78, 5) is 56.0. The number of Topliss-reactive ketones (excluding diaryl/α,β-unsaturated/α-hetero) is 3. The predicted octanol–water partition coefficient (Wildman–Crippen LogP) is 1.13. The van der Waals surface area contributed by atoms with E-state index >= 15 is 0 Å². The number of ketones is 3. The molecule has 0 radical (unpaired) electrons. The summed E-state index contributed by atoms with van der Waals surface area (Å²) >= 11 is 0. The van der Waals surface area contributed by atoms with E-state index in [-0.39, 0.29) is 42.1 Å². The Morgan fingerprint density at radius 2 is 1.76 bits per heavy atom. The zero-order valence-electron chi connectivity index (χ0n) is 20.9. The van der Waals surface area contributed by atoms with Crippen molar-refractivity contribution in [2.45, 2.75) is 31.7 Å². The molecule has 1 saturated heterocycles. The monoisotopic (exact) mass is 509 g/mol. The highest BCUT2D eigenvalue weighted by Gasteiger charge is 2.55. The van der Waals surface area contributed by atoms with Gasteiger partial charge in [0.25, 0.3) is 5.91 Å². The third kappa shape index (κ3) is 3.86. The van der Waals surface area contributed by atoms with Crippen molar-refractivity contribution in [3.8, 4) is 5.75 Å². The summed E-state index contributed by atoms with van der Waals surface area (Å²) in [7, 11) is 3.34. The van der Waals surface area contributed by atoms with Crippen molar-refractivity contribution in [1.82, 2.24) is 9.80 Å². The summed E-state index contributed by atoms with van der Waals surface area (Å²) in [5, 5.41) is 32.7. The van der Waals surface area contributed by atoms with Gasteiger partial charge in [-0.1, -0.05) is 0 Å². The molecular formula is C27H31N3O7. The molecule has 37 heavy (non-hydrogen) atoms. The number of primary amides is 1. The quantitative estimate of drug-likeness (QED) is 0.259. The van der Waals surface area contributed by atoms with Crippen LogP contribution in [0.5, 0.6) is 5.75 Å². The highest BCUT2D eigenvalue weighted by atomic mass is 16.3. The average molecular weight is 510 g/mol. The van der Waals surface area contributed by atoms with Crippen LogP contribution in [-0.4, -0.2) is 88.1 Å². The van der Waals surface area contributed by atoms with Crippen molar-refractivity contribution < 1.29 is 34.5 Å². The maximum Gasteiger partial charge on any atom is 0.255 e. The lowest BCUT2D eigenvalue weighted by Crippen LogP contribution is -2.55. The number of benzene rings is 1. The number of hydrogen-bond donors (Lipinski definition) is 4. The summed E-state index contributed by atoms with van der Waals surface area (Å²) in [6, 6.07) is 2.08. The van der Waals surface area contributed by atoms with E-state index in [0.717, 1.165) is 25.9 Å². The van der Waals surface area contributed by atoms with Gasteiger partial charge >= 0.3 is 0 Å². The van der Waals surface area contributed by atoms with Gasteiger partial charge in [0.05, 0.1) is 24.1 Å². The Morgan fingerprint density at radius 1 is 1.08 bits per heavy atom. The number of likely N-dealkylation sites (tertiary alicyclic amines) is 1. The van der Waals surface area contributed by atoms with Crippen molar-refractivity contribution in [3.05, 3.63) is 45.7 Å². The number of likely N-dealkylation sites (N-methyl/N-ethyl adjacent to an activating group) is 1. The number of hydrogen-bond acceptors (Lipinski definition) is 9. The zero-order valence-corrected chi connectivity index (χ0v) is 20.9. The van der Waals surface area contributed by atoms with Gasteiger partial charge in [-0.2, -0.15) is 0 Å². The normalized spacial score (nSPS) is 27.9. The number of phenolic OH excluding ortho intramolecular Hbond substituents is 1. The first-order valence-corrected chi connectivity index (χ1v) is 12.5. The number of nitrogens with zero attached hydrogens (tertiary/aromatic N) is 2. The lowest BCUT2D eigenvalue weighted by atomic mass is 9.59. The molecule has 1 aromatic carbocycles. The van der Waals surface area contributed by atoms with Crippen LogP contribution >= 0.6 is 0 Å². The van der Waals surface area contributed by atoms with E-state index in [0.29, 0.717) is 11.1 Å². The molecule has 1 aromatic rings. The fourth-order valence-corrected chi connectivity index (χ4v) is 6.76. The SMILES string of the molecule is CN(C)[C@@H]1C(O)=C(C(N)=O)C(=O)C2C(=O)C3=C(O)c4c(O)ccc(C(=O)CN5CCCC5)c4CC3CC21. The van der Waals surface area contributed by atoms with Crippen LogP contribution < -0.4 is 5.73 Å². The predicted molar refractivity (Wildman–Crippen MR) is 133 cm³/mol. The number of aliphatic hydroxyl groups excluding tert-OH is 2. The van der Waals surface area contributed by atoms with Crippen LogP contribution in [0.3, 0.4) is 0 Å². The Bertz CT molecular complexity index is 1290. The number of carbonyl (C=O) groups is 4. The first-order chi connectivity index (χ1) is 17.5. The van der Waals surface area contributed by atoms with E-state index in [1.807, 2.05) is 0 Å². The van der Waals surface area contributed by atoms with Gasteiger partial charge in [-0.25, -0.2) is 0 Å². The lowest BCUT2D eigenvalue weighted by molar-refractivity contribution is -0.136. The van der Waals surface area contributed by atoms with Crippen molar-refractivity contribution in [3.63, 3.8) is 0 Å². The van der Waals surface area contributed by atoms with Crippen molar-refractivity contribution in [2.75, 3.05) is 33.7 Å². The van der Waals surface area contributed by atoms with Crippen LogP contribution in [-0.2, 0) is 20.8 Å². The van der Waals surface area contributed by atoms with Crippen LogP contribution in [0.1, 0.15) is 40.7 Å². The molecule has 3 unspecified atom stereocenters. The van der Waals surface area contributed by atoms with Gasteiger partial charge in [0.15, 0.2) is 17.3 Å². The maximum atomic E-state index is 13.8. The Labute approximate surface area is 214 Å². The molecule has 2 fully saturated rings. The Balaban J connectivity index is 1.60. The second kappa shape index (κ2) is 9.11. The third-order valence-electron chi connectivity index (χ3n) is 8.31. The molecule has 4 aliphatic rings. The number of nitrogens with two attached hydrogens (primary N) is 1. The summed E-state index contributed by atoms with van der Waals surface area (Å²) in [5.41, 5.74) is 5.69. The van der Waals surface area contributed by atoms with E-state index in [2.05, 4.69) is 4.90 Å². The number of carbonyl (C=O) groups excluding carboxylic acids is 4. The molecule has 1 heterocycles. The van der Waals surface area contributed by atoms with Gasteiger partial charge in [-0.15, -0.1) is 0 Å². The Morgan fingerprint density at radius 3 is 2.38 bits per heavy atom. The van der Waals surface area contributed by atoms with Crippen molar-refractivity contribution in [1.29, 1.82) is 0 Å². The summed E-state index contributed by atoms with van der Waals surface area (Å²) < 4.78 is 0. The lowest BCUT2D eigenvalue weighted by Gasteiger charge is -2.46. The highest BCUT2D eigenvalue weighted by Crippen LogP contribution is 2.50. The van der Waals surface area contributed by atoms with E-state index in [1.54, 1.807) is 25.1 Å². The number of aliphatic hydroxyl groups is 2. The van der Waals surface area contributed by atoms with Crippen molar-refractivity contribution in [2.24, 2.45) is 23.5 Å². The first kappa shape index (κ1) is 25.2. The molecule has 4 atom stereocenters. The number of rotatable bonds is 5. The third-order valence-corrected chi connectivity index (χ3v) is 8.31. The molecular weight excluding hydrogens is 478 g/mol. The van der Waals surface area contributed by atoms with Gasteiger partial charge in [0.2, 0.25) is 0 Å². The molecule has 1 amide bonds. The minimum Gasteiger partial charge on any atom is -0.510 e. The zero-order chi connectivity index (χ0) is 26.8. The Kier molecular flexibility index (Phi) is 6.19. The molecule has 10 nitrogen and oxygen atoms in total.